The van der Waals surface area contributed by atoms with E-state index in [1.54, 1.807) is 0 Å². The smallest absolute Gasteiger partial charge is 0 e. The van der Waals surface area contributed by atoms with E-state index in [1.807, 2.05) is 0 Å². The van der Waals surface area contributed by atoms with Gasteiger partial charge in [0.1, 0.15) is 0 Å². The molecule has 0 heterocycles. The molecule has 0 N–H and O–H groups in total. The molecule has 0 unspecified atom stereocenters. The van der Waals surface area contributed by atoms with Gasteiger partial charge >= 0.3 is 0 Å². The van der Waals surface area contributed by atoms with E-state index in [9.17, 15) is 0 Å². The van der Waals surface area contributed by atoms with Crippen LogP contribution < -0.4 is 6.15 Å². The van der Waals surface area contributed by atoms with Gasteiger partial charge < -0.3 is 0 Å². The van der Waals surface area contributed by atoms with Crippen molar-refractivity contribution in [2.45, 2.75) is 0 Å². The summed E-state index contributed by atoms with van der Waals surface area (Å²) in [7, 11) is 0. The van der Waals surface area contributed by atoms with Crippen LogP contribution in [0.3, 0.4) is 0 Å². The Morgan fingerprint density at radius 1 is 1.00 bits per heavy atom. The quantitative estimate of drug-likeness (QED) is 0.366. The van der Waals surface area contributed by atoms with Gasteiger partial charge in [0.2, 0.25) is 0 Å². The second kappa shape index (κ2) is 106. The second-order valence-electron chi connectivity index (χ2n) is 0. The minimum atomic E-state index is 0. The molecule has 0 fully saturated rings. The van der Waals surface area contributed by atoms with Gasteiger partial charge in [-0.05, 0) is 0 Å². The van der Waals surface area contributed by atoms with Crippen LogP contribution in [-0.4, -0.2) is 0 Å². The molecule has 0 atom stereocenters. The molecule has 0 aromatic rings. The second-order valence-corrected chi connectivity index (χ2v) is 0. The summed E-state index contributed by atoms with van der Waals surface area (Å²) in [5.41, 5.74) is 0. The molecule has 4 heavy (non-hydrogen) atoms. The Balaban J connectivity index is 0. The third kappa shape index (κ3) is 26.2. The Kier molecular flexibility index (Phi) is 7200. The normalized spacial score (nSPS) is 0. The van der Waals surface area contributed by atoms with Crippen molar-refractivity contribution in [3.63, 3.8) is 0 Å². The van der Waals surface area contributed by atoms with Crippen molar-refractivity contribution in [2.75, 3.05) is 0 Å². The van der Waals surface area contributed by atoms with Gasteiger partial charge in [-0.15, -0.1) is 0 Å². The zero-order chi connectivity index (χ0) is 0. The summed E-state index contributed by atoms with van der Waals surface area (Å²) in [6.07, 6.45) is 0. The maximum Gasteiger partial charge on any atom is 0 e. The molecule has 0 aromatic heterocycles. The largest absolute Gasteiger partial charge is 0 e. The van der Waals surface area contributed by atoms with E-state index in [1.165, 1.54) is 0 Å². The summed E-state index contributed by atoms with van der Waals surface area (Å²) < 4.78 is 0. The average Bonchev–Trinajstić information content (AvgIpc) is 0. The Labute approximate surface area is 37.0 Å². The molecule has 0 saturated carbocycles. The number of nitrogens with zero attached hydrogens (tertiary/aromatic N) is 1. The van der Waals surface area contributed by atoms with Crippen molar-refractivity contribution in [1.82, 2.24) is 6.15 Å². The van der Waals surface area contributed by atoms with Gasteiger partial charge in [-0.3, -0.25) is 0 Å². The fourth-order valence-corrected chi connectivity index (χ4v) is 0. The first-order valence-corrected chi connectivity index (χ1v) is 0. The molecule has 9 radical (unpaired) electrons. The van der Waals surface area contributed by atoms with Gasteiger partial charge in [0, 0.05) is 36.1 Å². The van der Waals surface area contributed by atoms with Crippen LogP contribution in [0.25, 0.3) is 0 Å². The van der Waals surface area contributed by atoms with Crippen LogP contribution in [0.15, 0.2) is 0 Å². The topological polar surface area (TPSA) is 59.0 Å². The molecule has 0 amide bonds. The third-order valence-corrected chi connectivity index (χ3v) is 0. The predicted molar refractivity (Wildman–Crippen MR) is 6.06 cm³/mol. The van der Waals surface area contributed by atoms with Crippen LogP contribution in [0.4, 0.5) is 0 Å². The van der Waals surface area contributed by atoms with Crippen LogP contribution in [0, 0.1) is 7.43 Å². The van der Waals surface area contributed by atoms with E-state index in [4.69, 9.17) is 0 Å². The first-order valence-electron chi connectivity index (χ1n) is 0. The minimum Gasteiger partial charge on any atom is 0 e. The van der Waals surface area contributed by atoms with Crippen molar-refractivity contribution in [3.05, 3.63) is 7.43 Å². The maximum atomic E-state index is 0. The van der Waals surface area contributed by atoms with Crippen molar-refractivity contribution < 1.29 is 22.5 Å². The van der Waals surface area contributed by atoms with Gasteiger partial charge in [-0.1, -0.05) is 0 Å². The van der Waals surface area contributed by atoms with Crippen LogP contribution in [0.5, 0.6) is 0 Å². The van der Waals surface area contributed by atoms with Crippen molar-refractivity contribution in [3.8, 4) is 0 Å². The van der Waals surface area contributed by atoms with Gasteiger partial charge in [-0.25, -0.2) is 0 Å². The molecule has 0 spiro atoms. The average molecular weight is 97.9 g/mol. The first-order chi connectivity index (χ1) is 0. The summed E-state index contributed by atoms with van der Waals surface area (Å²) in [6.45, 7) is 0. The van der Waals surface area contributed by atoms with E-state index < -0.39 is 0 Å². The van der Waals surface area contributed by atoms with Crippen molar-refractivity contribution in [1.29, 1.82) is 0 Å². The number of hydrogen-bond donors (Lipinski definition) is 0. The number of rotatable bonds is 0. The summed E-state index contributed by atoms with van der Waals surface area (Å²) in [5.74, 6) is 0. The molecule has 0 rings (SSSR count). The first kappa shape index (κ1) is 272. The predicted octanol–water partition coefficient (Wildman–Crippen LogP) is -0.521. The molecule has 0 aliphatic heterocycles. The van der Waals surface area contributed by atoms with Crippen LogP contribution in [-0.2, 0) is 22.5 Å². The molecule has 0 aliphatic rings. The summed E-state index contributed by atoms with van der Waals surface area (Å²) >= 11 is 0. The molecule has 0 aliphatic carbocycles. The molecule has 2 nitrogen and oxygen atoms in total. The molecular formula is CFeNO. The van der Waals surface area contributed by atoms with Crippen molar-refractivity contribution >= 4 is 0 Å². The van der Waals surface area contributed by atoms with E-state index >= 15 is 0 Å². The Morgan fingerprint density at radius 2 is 1.00 bits per heavy atom. The standard InChI is InChI=1S/C.Fe.N.O. The van der Waals surface area contributed by atoms with E-state index in [0.717, 1.165) is 0 Å². The Bertz CT molecular complexity index is 8.00. The molecule has 0 bridgehead atoms. The maximum absolute atomic E-state index is 0. The zero-order valence-electron chi connectivity index (χ0n) is 1.71. The van der Waals surface area contributed by atoms with Crippen LogP contribution >= 0.6 is 0 Å². The third-order valence-electron chi connectivity index (χ3n) is 0. The van der Waals surface area contributed by atoms with Gasteiger partial charge in [0.25, 0.3) is 0 Å². The monoisotopic (exact) mass is 97.9 g/mol. The SMILES string of the molecule is [C].[Fe].[N].[O]. The van der Waals surface area contributed by atoms with Crippen LogP contribution in [0.2, 0.25) is 0 Å². The molecule has 23 valence electrons. The Hall–Kier alpha value is 0.439. The van der Waals surface area contributed by atoms with E-state index in [0.29, 0.717) is 0 Å². The van der Waals surface area contributed by atoms with Gasteiger partial charge in [-0.2, -0.15) is 0 Å². The van der Waals surface area contributed by atoms with Crippen molar-refractivity contribution in [2.24, 2.45) is 0 Å². The molecular weight excluding hydrogens is 97.9 g/mol. The van der Waals surface area contributed by atoms with Gasteiger partial charge in [0.05, 0.1) is 0 Å². The summed E-state index contributed by atoms with van der Waals surface area (Å²) in [4.78, 5) is 0. The summed E-state index contributed by atoms with van der Waals surface area (Å²) in [6, 6.07) is 0. The zero-order valence-corrected chi connectivity index (χ0v) is 2.81. The van der Waals surface area contributed by atoms with Gasteiger partial charge in [0.15, 0.2) is 0 Å². The molecule has 0 saturated heterocycles. The molecule has 0 aromatic carbocycles. The molecule has 3 heteroatoms. The fourth-order valence-electron chi connectivity index (χ4n) is 0. The summed E-state index contributed by atoms with van der Waals surface area (Å²) in [5, 5.41) is 0. The number of hydrogen-bond acceptors (Lipinski definition) is 0. The minimum absolute atomic E-state index is 0. The van der Waals surface area contributed by atoms with E-state index in [-0.39, 0.29) is 36.1 Å². The fraction of sp³-hybridized carbons (Fsp3) is 0. The Morgan fingerprint density at radius 3 is 1.00 bits per heavy atom. The van der Waals surface area contributed by atoms with E-state index in [2.05, 4.69) is 0 Å². The van der Waals surface area contributed by atoms with Crippen LogP contribution in [0.1, 0.15) is 0 Å².